The summed E-state index contributed by atoms with van der Waals surface area (Å²) >= 11 is 1.24. The summed E-state index contributed by atoms with van der Waals surface area (Å²) in [6.45, 7) is 5.64. The first-order valence-electron chi connectivity index (χ1n) is 5.46. The highest BCUT2D eigenvalue weighted by atomic mass is 32.1. The van der Waals surface area contributed by atoms with E-state index in [0.29, 0.717) is 11.7 Å². The Labute approximate surface area is 109 Å². The first-order chi connectivity index (χ1) is 8.38. The number of rotatable bonds is 5. The Balaban J connectivity index is 2.66. The predicted octanol–water partition coefficient (Wildman–Crippen LogP) is 1.42. The van der Waals surface area contributed by atoms with Crippen LogP contribution in [0.2, 0.25) is 0 Å². The second-order valence-electron chi connectivity index (χ2n) is 4.22. The van der Waals surface area contributed by atoms with Crippen molar-refractivity contribution < 1.29 is 14.7 Å². The molecule has 0 bridgehead atoms. The molecule has 0 aliphatic carbocycles. The van der Waals surface area contributed by atoms with Gasteiger partial charge in [-0.25, -0.2) is 4.79 Å². The molecular weight excluding hydrogens is 256 g/mol. The number of aryl methyl sites for hydroxylation is 1. The van der Waals surface area contributed by atoms with Gasteiger partial charge in [0.25, 0.3) is 0 Å². The van der Waals surface area contributed by atoms with Crippen LogP contribution in [0.3, 0.4) is 0 Å². The lowest BCUT2D eigenvalue weighted by atomic mass is 10.2. The highest BCUT2D eigenvalue weighted by Crippen LogP contribution is 2.14. The van der Waals surface area contributed by atoms with E-state index in [1.165, 1.54) is 16.2 Å². The van der Waals surface area contributed by atoms with E-state index in [-0.39, 0.29) is 12.5 Å². The van der Waals surface area contributed by atoms with Gasteiger partial charge >= 0.3 is 12.0 Å². The van der Waals surface area contributed by atoms with Crippen LogP contribution in [0.25, 0.3) is 0 Å². The molecule has 0 unspecified atom stereocenters. The van der Waals surface area contributed by atoms with Crippen LogP contribution < -0.4 is 5.32 Å². The first kappa shape index (κ1) is 14.4. The van der Waals surface area contributed by atoms with Crippen molar-refractivity contribution in [3.05, 3.63) is 5.01 Å². The zero-order valence-electron chi connectivity index (χ0n) is 10.5. The van der Waals surface area contributed by atoms with Crippen molar-refractivity contribution in [2.24, 2.45) is 5.92 Å². The molecule has 0 aliphatic heterocycles. The second-order valence-corrected chi connectivity index (χ2v) is 5.41. The number of anilines is 1. The lowest BCUT2D eigenvalue weighted by Gasteiger charge is -2.22. The lowest BCUT2D eigenvalue weighted by Crippen LogP contribution is -2.40. The van der Waals surface area contributed by atoms with Crippen molar-refractivity contribution in [1.29, 1.82) is 0 Å². The standard InChI is InChI=1S/C10H16N4O3S/c1-6(2)4-14(5-8(15)16)10(17)11-9-13-12-7(3)18-9/h6H,4-5H2,1-3H3,(H,15,16)(H,11,13,17). The minimum Gasteiger partial charge on any atom is -0.480 e. The molecule has 0 fully saturated rings. The number of carboxylic acids is 1. The third-order valence-electron chi connectivity index (χ3n) is 1.94. The molecule has 100 valence electrons. The van der Waals surface area contributed by atoms with Crippen LogP contribution in [-0.2, 0) is 4.79 Å². The summed E-state index contributed by atoms with van der Waals surface area (Å²) in [6, 6.07) is -0.470. The molecule has 2 amide bonds. The zero-order chi connectivity index (χ0) is 13.7. The van der Waals surface area contributed by atoms with Gasteiger partial charge in [-0.05, 0) is 12.8 Å². The Kier molecular flexibility index (Phi) is 5.02. The average molecular weight is 272 g/mol. The molecule has 1 aromatic heterocycles. The number of aromatic nitrogens is 2. The van der Waals surface area contributed by atoms with Gasteiger partial charge in [-0.3, -0.25) is 10.1 Å². The Morgan fingerprint density at radius 2 is 2.11 bits per heavy atom. The summed E-state index contributed by atoms with van der Waals surface area (Å²) < 4.78 is 0. The highest BCUT2D eigenvalue weighted by Gasteiger charge is 2.19. The van der Waals surface area contributed by atoms with Crippen molar-refractivity contribution >= 4 is 28.5 Å². The Morgan fingerprint density at radius 3 is 2.56 bits per heavy atom. The van der Waals surface area contributed by atoms with Crippen LogP contribution >= 0.6 is 11.3 Å². The Bertz CT molecular complexity index is 433. The van der Waals surface area contributed by atoms with Crippen LogP contribution in [0.1, 0.15) is 18.9 Å². The van der Waals surface area contributed by atoms with Gasteiger partial charge < -0.3 is 10.0 Å². The zero-order valence-corrected chi connectivity index (χ0v) is 11.3. The molecule has 1 aromatic rings. The lowest BCUT2D eigenvalue weighted by molar-refractivity contribution is -0.137. The molecule has 0 spiro atoms. The fourth-order valence-electron chi connectivity index (χ4n) is 1.34. The van der Waals surface area contributed by atoms with Gasteiger partial charge in [0.15, 0.2) is 0 Å². The third-order valence-corrected chi connectivity index (χ3v) is 2.69. The maximum atomic E-state index is 11.9. The van der Waals surface area contributed by atoms with Gasteiger partial charge in [0.1, 0.15) is 11.6 Å². The number of aliphatic carboxylic acids is 1. The molecule has 1 rings (SSSR count). The van der Waals surface area contributed by atoms with Crippen molar-refractivity contribution in [2.45, 2.75) is 20.8 Å². The minimum atomic E-state index is -1.04. The molecule has 18 heavy (non-hydrogen) atoms. The molecular formula is C10H16N4O3S. The summed E-state index contributed by atoms with van der Waals surface area (Å²) in [6.07, 6.45) is 0. The van der Waals surface area contributed by atoms with Crippen LogP contribution in [0.4, 0.5) is 9.93 Å². The van der Waals surface area contributed by atoms with Crippen LogP contribution in [-0.4, -0.2) is 45.3 Å². The molecule has 0 saturated carbocycles. The van der Waals surface area contributed by atoms with Crippen molar-refractivity contribution in [2.75, 3.05) is 18.4 Å². The molecule has 1 heterocycles. The fraction of sp³-hybridized carbons (Fsp3) is 0.600. The summed E-state index contributed by atoms with van der Waals surface area (Å²) in [7, 11) is 0. The van der Waals surface area contributed by atoms with Crippen molar-refractivity contribution in [3.63, 3.8) is 0 Å². The van der Waals surface area contributed by atoms with Crippen LogP contribution in [0.5, 0.6) is 0 Å². The van der Waals surface area contributed by atoms with E-state index >= 15 is 0 Å². The quantitative estimate of drug-likeness (QED) is 0.845. The number of nitrogens with one attached hydrogen (secondary N) is 1. The number of hydrogen-bond acceptors (Lipinski definition) is 5. The number of hydrogen-bond donors (Lipinski definition) is 2. The van der Waals surface area contributed by atoms with E-state index in [0.717, 1.165) is 5.01 Å². The largest absolute Gasteiger partial charge is 0.480 e. The average Bonchev–Trinajstić information content (AvgIpc) is 2.61. The van der Waals surface area contributed by atoms with Gasteiger partial charge in [0.05, 0.1) is 0 Å². The monoisotopic (exact) mass is 272 g/mol. The van der Waals surface area contributed by atoms with E-state index in [9.17, 15) is 9.59 Å². The highest BCUT2D eigenvalue weighted by molar-refractivity contribution is 7.15. The molecule has 8 heteroatoms. The molecule has 0 atom stereocenters. The summed E-state index contributed by atoms with van der Waals surface area (Å²) in [5.74, 6) is -0.856. The molecule has 2 N–H and O–H groups in total. The number of carbonyl (C=O) groups is 2. The summed E-state index contributed by atoms with van der Waals surface area (Å²) in [5, 5.41) is 19.9. The molecule has 0 saturated heterocycles. The van der Waals surface area contributed by atoms with Gasteiger partial charge in [-0.15, -0.1) is 10.2 Å². The second kappa shape index (κ2) is 6.29. The fourth-order valence-corrected chi connectivity index (χ4v) is 1.92. The van der Waals surface area contributed by atoms with Crippen molar-refractivity contribution in [3.8, 4) is 0 Å². The van der Waals surface area contributed by atoms with Gasteiger partial charge in [0.2, 0.25) is 5.13 Å². The Hall–Kier alpha value is -1.70. The number of urea groups is 1. The normalized spacial score (nSPS) is 10.4. The van der Waals surface area contributed by atoms with E-state index in [4.69, 9.17) is 5.11 Å². The van der Waals surface area contributed by atoms with Gasteiger partial charge in [-0.2, -0.15) is 0 Å². The minimum absolute atomic E-state index is 0.186. The molecule has 7 nitrogen and oxygen atoms in total. The van der Waals surface area contributed by atoms with E-state index < -0.39 is 12.0 Å². The summed E-state index contributed by atoms with van der Waals surface area (Å²) in [5.41, 5.74) is 0. The Morgan fingerprint density at radius 1 is 1.44 bits per heavy atom. The van der Waals surface area contributed by atoms with Crippen LogP contribution in [0, 0.1) is 12.8 Å². The molecule has 0 radical (unpaired) electrons. The van der Waals surface area contributed by atoms with E-state index in [1.807, 2.05) is 13.8 Å². The topological polar surface area (TPSA) is 95.4 Å². The maximum Gasteiger partial charge on any atom is 0.324 e. The smallest absolute Gasteiger partial charge is 0.324 e. The maximum absolute atomic E-state index is 11.9. The van der Waals surface area contributed by atoms with Crippen LogP contribution in [0.15, 0.2) is 0 Å². The van der Waals surface area contributed by atoms with Gasteiger partial charge in [0, 0.05) is 6.54 Å². The number of amides is 2. The SMILES string of the molecule is Cc1nnc(NC(=O)N(CC(=O)O)CC(C)C)s1. The summed E-state index contributed by atoms with van der Waals surface area (Å²) in [4.78, 5) is 23.8. The molecule has 0 aromatic carbocycles. The third kappa shape index (κ3) is 4.66. The number of carboxylic acid groups (broad SMARTS) is 1. The van der Waals surface area contributed by atoms with Gasteiger partial charge in [-0.1, -0.05) is 25.2 Å². The molecule has 0 aliphatic rings. The van der Waals surface area contributed by atoms with Crippen molar-refractivity contribution in [1.82, 2.24) is 15.1 Å². The van der Waals surface area contributed by atoms with E-state index in [1.54, 1.807) is 6.92 Å². The van der Waals surface area contributed by atoms with E-state index in [2.05, 4.69) is 15.5 Å². The first-order valence-corrected chi connectivity index (χ1v) is 6.28. The number of nitrogens with zero attached hydrogens (tertiary/aromatic N) is 3. The predicted molar refractivity (Wildman–Crippen MR) is 67.7 cm³/mol. The number of carbonyl (C=O) groups excluding carboxylic acids is 1.